The van der Waals surface area contributed by atoms with E-state index in [1.54, 1.807) is 7.05 Å². The lowest BCUT2D eigenvalue weighted by molar-refractivity contribution is -0.113. The Kier molecular flexibility index (Phi) is 8.66. The van der Waals surface area contributed by atoms with E-state index in [0.717, 1.165) is 24.4 Å². The molecule has 0 bridgehead atoms. The Hall–Kier alpha value is -0.883. The molecule has 1 amide bonds. The third-order valence-electron chi connectivity index (χ3n) is 4.46. The van der Waals surface area contributed by atoms with E-state index in [0.29, 0.717) is 6.42 Å². The summed E-state index contributed by atoms with van der Waals surface area (Å²) in [5.74, 6) is 0. The molecular formula is C18H37NO4Si. The first-order valence-electron chi connectivity index (χ1n) is 8.96. The number of carbonyl (C=O) groups is 2. The van der Waals surface area contributed by atoms with Crippen molar-refractivity contribution in [2.45, 2.75) is 97.2 Å². The zero-order valence-electron chi connectivity index (χ0n) is 17.1. The molecule has 0 aliphatic carbocycles. The molecule has 0 saturated carbocycles. The Morgan fingerprint density at radius 3 is 1.88 bits per heavy atom. The van der Waals surface area contributed by atoms with Crippen molar-refractivity contribution in [1.82, 2.24) is 4.90 Å². The molecule has 6 heteroatoms. The molecular weight excluding hydrogens is 322 g/mol. The number of hydrogen-bond donors (Lipinski definition) is 0. The summed E-state index contributed by atoms with van der Waals surface area (Å²) >= 11 is 0. The van der Waals surface area contributed by atoms with Crippen molar-refractivity contribution in [3.8, 4) is 0 Å². The molecule has 24 heavy (non-hydrogen) atoms. The SMILES string of the molecule is CC[Si](CC)(CC)OC(C)(C)C[C@@H](C=O)N(C)C(=O)OC(C)(C)C. The van der Waals surface area contributed by atoms with Gasteiger partial charge in [0.25, 0.3) is 0 Å². The van der Waals surface area contributed by atoms with Crippen LogP contribution in [0.3, 0.4) is 0 Å². The van der Waals surface area contributed by atoms with Crippen LogP contribution in [0.4, 0.5) is 4.79 Å². The van der Waals surface area contributed by atoms with E-state index in [9.17, 15) is 9.59 Å². The van der Waals surface area contributed by atoms with Crippen molar-refractivity contribution >= 4 is 20.7 Å². The van der Waals surface area contributed by atoms with Gasteiger partial charge in [-0.2, -0.15) is 0 Å². The zero-order chi connectivity index (χ0) is 19.2. The van der Waals surface area contributed by atoms with Crippen LogP contribution in [0.25, 0.3) is 0 Å². The second-order valence-corrected chi connectivity index (χ2v) is 12.8. The van der Waals surface area contributed by atoms with Crippen molar-refractivity contribution in [2.24, 2.45) is 0 Å². The van der Waals surface area contributed by atoms with Crippen LogP contribution in [0.1, 0.15) is 61.8 Å². The lowest BCUT2D eigenvalue weighted by atomic mass is 9.99. The highest BCUT2D eigenvalue weighted by atomic mass is 28.4. The van der Waals surface area contributed by atoms with Gasteiger partial charge in [0, 0.05) is 13.5 Å². The molecule has 142 valence electrons. The van der Waals surface area contributed by atoms with E-state index in [1.807, 2.05) is 34.6 Å². The zero-order valence-corrected chi connectivity index (χ0v) is 18.1. The van der Waals surface area contributed by atoms with E-state index >= 15 is 0 Å². The Morgan fingerprint density at radius 2 is 1.54 bits per heavy atom. The average molecular weight is 360 g/mol. The van der Waals surface area contributed by atoms with Gasteiger partial charge in [0.15, 0.2) is 8.32 Å². The summed E-state index contributed by atoms with van der Waals surface area (Å²) in [6.45, 7) is 16.0. The van der Waals surface area contributed by atoms with Crippen LogP contribution in [0.5, 0.6) is 0 Å². The van der Waals surface area contributed by atoms with Gasteiger partial charge in [-0.15, -0.1) is 0 Å². The number of carbonyl (C=O) groups excluding carboxylic acids is 2. The van der Waals surface area contributed by atoms with E-state index in [-0.39, 0.29) is 0 Å². The molecule has 0 unspecified atom stereocenters. The highest BCUT2D eigenvalue weighted by Gasteiger charge is 2.38. The minimum atomic E-state index is -1.78. The van der Waals surface area contributed by atoms with Gasteiger partial charge >= 0.3 is 6.09 Å². The molecule has 0 rings (SSSR count). The summed E-state index contributed by atoms with van der Waals surface area (Å²) in [6, 6.07) is 2.60. The van der Waals surface area contributed by atoms with E-state index in [2.05, 4.69) is 20.8 Å². The Balaban J connectivity index is 5.08. The van der Waals surface area contributed by atoms with Gasteiger partial charge in [-0.3, -0.25) is 0 Å². The minimum Gasteiger partial charge on any atom is -0.444 e. The van der Waals surface area contributed by atoms with Crippen LogP contribution in [0.2, 0.25) is 18.1 Å². The molecule has 0 aromatic rings. The summed E-state index contributed by atoms with van der Waals surface area (Å²) in [6.07, 6.45) is 0.781. The molecule has 0 aromatic carbocycles. The second kappa shape index (κ2) is 8.99. The fraction of sp³-hybridized carbons (Fsp3) is 0.889. The summed E-state index contributed by atoms with van der Waals surface area (Å²) in [4.78, 5) is 25.2. The third-order valence-corrected chi connectivity index (χ3v) is 9.31. The van der Waals surface area contributed by atoms with E-state index in [4.69, 9.17) is 9.16 Å². The normalized spacial score (nSPS) is 14.2. The predicted molar refractivity (Wildman–Crippen MR) is 101 cm³/mol. The van der Waals surface area contributed by atoms with Gasteiger partial charge in [-0.05, 0) is 52.8 Å². The second-order valence-electron chi connectivity index (χ2n) is 8.10. The summed E-state index contributed by atoms with van der Waals surface area (Å²) < 4.78 is 11.9. The Morgan fingerprint density at radius 1 is 1.08 bits per heavy atom. The fourth-order valence-electron chi connectivity index (χ4n) is 2.84. The van der Waals surface area contributed by atoms with Crippen molar-refractivity contribution in [3.05, 3.63) is 0 Å². The van der Waals surface area contributed by atoms with Crippen molar-refractivity contribution in [2.75, 3.05) is 7.05 Å². The fourth-order valence-corrected chi connectivity index (χ4v) is 6.03. The van der Waals surface area contributed by atoms with Crippen LogP contribution in [-0.2, 0) is 14.0 Å². The number of nitrogens with zero attached hydrogens (tertiary/aromatic N) is 1. The first-order chi connectivity index (χ1) is 10.8. The maximum atomic E-state index is 12.2. The van der Waals surface area contributed by atoms with Crippen LogP contribution in [0.15, 0.2) is 0 Å². The van der Waals surface area contributed by atoms with Gasteiger partial charge in [0.2, 0.25) is 0 Å². The summed E-state index contributed by atoms with van der Waals surface area (Å²) in [5.41, 5.74) is -1.05. The van der Waals surface area contributed by atoms with E-state index < -0.39 is 31.7 Å². The third kappa shape index (κ3) is 7.34. The predicted octanol–water partition coefficient (Wildman–Crippen LogP) is 4.61. The first kappa shape index (κ1) is 23.1. The first-order valence-corrected chi connectivity index (χ1v) is 11.5. The van der Waals surface area contributed by atoms with Crippen LogP contribution >= 0.6 is 0 Å². The van der Waals surface area contributed by atoms with Crippen molar-refractivity contribution in [1.29, 1.82) is 0 Å². The highest BCUT2D eigenvalue weighted by molar-refractivity contribution is 6.73. The molecule has 0 aromatic heterocycles. The Bertz CT molecular complexity index is 405. The van der Waals surface area contributed by atoms with Gasteiger partial charge in [-0.1, -0.05) is 20.8 Å². The van der Waals surface area contributed by atoms with E-state index in [1.165, 1.54) is 4.90 Å². The number of likely N-dealkylation sites (N-methyl/N-ethyl adjacent to an activating group) is 1. The summed E-state index contributed by atoms with van der Waals surface area (Å²) in [7, 11) is -0.179. The van der Waals surface area contributed by atoms with Crippen LogP contribution < -0.4 is 0 Å². The summed E-state index contributed by atoms with van der Waals surface area (Å²) in [5, 5.41) is 0. The number of rotatable bonds is 9. The molecule has 0 heterocycles. The molecule has 5 nitrogen and oxygen atoms in total. The highest BCUT2D eigenvalue weighted by Crippen LogP contribution is 2.31. The lowest BCUT2D eigenvalue weighted by Gasteiger charge is -2.40. The maximum Gasteiger partial charge on any atom is 0.410 e. The maximum absolute atomic E-state index is 12.2. The molecule has 0 fully saturated rings. The quantitative estimate of drug-likeness (QED) is 0.445. The average Bonchev–Trinajstić information content (AvgIpc) is 2.48. The largest absolute Gasteiger partial charge is 0.444 e. The number of amides is 1. The number of aldehydes is 1. The minimum absolute atomic E-state index is 0.459. The van der Waals surface area contributed by atoms with Crippen molar-refractivity contribution < 1.29 is 18.8 Å². The molecule has 0 aliphatic heterocycles. The molecule has 0 N–H and O–H groups in total. The molecule has 0 saturated heterocycles. The molecule has 0 radical (unpaired) electrons. The number of hydrogen-bond acceptors (Lipinski definition) is 4. The van der Waals surface area contributed by atoms with Gasteiger partial charge < -0.3 is 18.9 Å². The molecule has 0 aliphatic rings. The van der Waals surface area contributed by atoms with Crippen molar-refractivity contribution in [3.63, 3.8) is 0 Å². The van der Waals surface area contributed by atoms with Gasteiger partial charge in [0.05, 0.1) is 11.6 Å². The molecule has 1 atom stereocenters. The molecule has 0 spiro atoms. The van der Waals surface area contributed by atoms with Crippen LogP contribution in [0, 0.1) is 0 Å². The smallest absolute Gasteiger partial charge is 0.410 e. The van der Waals surface area contributed by atoms with Crippen LogP contribution in [-0.4, -0.2) is 49.9 Å². The number of ether oxygens (including phenoxy) is 1. The lowest BCUT2D eigenvalue weighted by Crippen LogP contribution is -2.49. The topological polar surface area (TPSA) is 55.8 Å². The van der Waals surface area contributed by atoms with Gasteiger partial charge in [-0.25, -0.2) is 4.79 Å². The Labute approximate surface area is 149 Å². The van der Waals surface area contributed by atoms with Gasteiger partial charge in [0.1, 0.15) is 11.9 Å². The standard InChI is InChI=1S/C18H37NO4Si/c1-10-24(11-2,12-3)23-18(7,8)13-15(14-20)19(9)16(21)22-17(4,5)6/h14-15H,10-13H2,1-9H3/t15-/m0/s1. The monoisotopic (exact) mass is 359 g/mol.